The van der Waals surface area contributed by atoms with E-state index in [4.69, 9.17) is 5.73 Å². The van der Waals surface area contributed by atoms with Gasteiger partial charge in [-0.1, -0.05) is 0 Å². The summed E-state index contributed by atoms with van der Waals surface area (Å²) in [6, 6.07) is 2.87. The summed E-state index contributed by atoms with van der Waals surface area (Å²) in [4.78, 5) is 29.2. The molecule has 0 spiro atoms. The molecular formula is C12H14N4O2S. The van der Waals surface area contributed by atoms with Crippen molar-refractivity contribution in [2.24, 2.45) is 0 Å². The molecule has 0 atom stereocenters. The van der Waals surface area contributed by atoms with E-state index in [1.54, 1.807) is 12.6 Å². The van der Waals surface area contributed by atoms with E-state index >= 15 is 0 Å². The second-order valence-electron chi connectivity index (χ2n) is 4.16. The quantitative estimate of drug-likeness (QED) is 0.885. The molecule has 19 heavy (non-hydrogen) atoms. The van der Waals surface area contributed by atoms with E-state index in [0.29, 0.717) is 12.2 Å². The molecule has 0 saturated carbocycles. The molecule has 0 fully saturated rings. The number of nitrogens with two attached hydrogens (primary N) is 1. The summed E-state index contributed by atoms with van der Waals surface area (Å²) < 4.78 is 1.30. The number of rotatable bonds is 4. The van der Waals surface area contributed by atoms with Crippen LogP contribution in [0.15, 0.2) is 34.0 Å². The van der Waals surface area contributed by atoms with Crippen LogP contribution in [0.25, 0.3) is 0 Å². The van der Waals surface area contributed by atoms with Gasteiger partial charge < -0.3 is 15.2 Å². The van der Waals surface area contributed by atoms with Crippen LogP contribution in [-0.4, -0.2) is 27.4 Å². The van der Waals surface area contributed by atoms with E-state index in [2.05, 4.69) is 4.98 Å². The van der Waals surface area contributed by atoms with Gasteiger partial charge in [-0.15, -0.1) is 11.3 Å². The van der Waals surface area contributed by atoms with Crippen LogP contribution in [0, 0.1) is 0 Å². The van der Waals surface area contributed by atoms with Crippen molar-refractivity contribution in [2.45, 2.75) is 13.1 Å². The monoisotopic (exact) mass is 278 g/mol. The molecule has 1 amide bonds. The van der Waals surface area contributed by atoms with Gasteiger partial charge in [-0.05, 0) is 6.07 Å². The van der Waals surface area contributed by atoms with Crippen molar-refractivity contribution in [3.8, 4) is 0 Å². The third-order valence-electron chi connectivity index (χ3n) is 2.62. The summed E-state index contributed by atoms with van der Waals surface area (Å²) in [7, 11) is 1.68. The molecule has 0 radical (unpaired) electrons. The van der Waals surface area contributed by atoms with E-state index in [1.165, 1.54) is 39.1 Å². The molecule has 6 nitrogen and oxygen atoms in total. The predicted octanol–water partition coefficient (Wildman–Crippen LogP) is 0.546. The van der Waals surface area contributed by atoms with Gasteiger partial charge in [0.25, 0.3) is 5.56 Å². The normalized spacial score (nSPS) is 10.4. The molecule has 0 unspecified atom stereocenters. The van der Waals surface area contributed by atoms with Crippen molar-refractivity contribution < 1.29 is 4.79 Å². The Morgan fingerprint density at radius 1 is 1.53 bits per heavy atom. The van der Waals surface area contributed by atoms with Gasteiger partial charge in [0.05, 0.1) is 17.7 Å². The minimum atomic E-state index is -0.246. The molecule has 0 aliphatic heterocycles. The fraction of sp³-hybridized carbons (Fsp3) is 0.250. The molecule has 2 N–H and O–H groups in total. The minimum Gasteiger partial charge on any atom is -0.398 e. The number of hydrogen-bond donors (Lipinski definition) is 1. The standard InChI is InChI=1S/C12H14N4O2S/c1-15(5-10-7-19-8-14-10)12(18)6-16-4-9(13)2-3-11(16)17/h2-4,7-8H,5-6,13H2,1H3. The summed E-state index contributed by atoms with van der Waals surface area (Å²) >= 11 is 1.48. The number of thiazole rings is 1. The van der Waals surface area contributed by atoms with Crippen molar-refractivity contribution in [3.63, 3.8) is 0 Å². The molecule has 0 saturated heterocycles. The summed E-state index contributed by atoms with van der Waals surface area (Å²) in [5.41, 5.74) is 8.36. The average Bonchev–Trinajstić information content (AvgIpc) is 2.86. The Bertz CT molecular complexity index is 621. The zero-order chi connectivity index (χ0) is 13.8. The highest BCUT2D eigenvalue weighted by molar-refractivity contribution is 7.07. The summed E-state index contributed by atoms with van der Waals surface area (Å²) in [5, 5.41) is 1.89. The molecule has 0 bridgehead atoms. The third-order valence-corrected chi connectivity index (χ3v) is 3.26. The fourth-order valence-electron chi connectivity index (χ4n) is 1.59. The van der Waals surface area contributed by atoms with Crippen LogP contribution in [0.3, 0.4) is 0 Å². The Morgan fingerprint density at radius 3 is 3.00 bits per heavy atom. The van der Waals surface area contributed by atoms with Crippen LogP contribution >= 0.6 is 11.3 Å². The van der Waals surface area contributed by atoms with E-state index in [0.717, 1.165) is 5.69 Å². The van der Waals surface area contributed by atoms with Gasteiger partial charge in [-0.3, -0.25) is 9.59 Å². The number of aromatic nitrogens is 2. The Balaban J connectivity index is 2.04. The smallest absolute Gasteiger partial charge is 0.251 e. The van der Waals surface area contributed by atoms with Crippen molar-refractivity contribution in [2.75, 3.05) is 12.8 Å². The van der Waals surface area contributed by atoms with E-state index < -0.39 is 0 Å². The maximum atomic E-state index is 12.0. The van der Waals surface area contributed by atoms with Crippen LogP contribution in [-0.2, 0) is 17.9 Å². The molecular weight excluding hydrogens is 264 g/mol. The SMILES string of the molecule is CN(Cc1cscn1)C(=O)Cn1cc(N)ccc1=O. The maximum Gasteiger partial charge on any atom is 0.251 e. The van der Waals surface area contributed by atoms with Crippen LogP contribution in [0.4, 0.5) is 5.69 Å². The Kier molecular flexibility index (Phi) is 3.96. The molecule has 7 heteroatoms. The first kappa shape index (κ1) is 13.3. The number of carbonyl (C=O) groups excluding carboxylic acids is 1. The zero-order valence-electron chi connectivity index (χ0n) is 10.4. The van der Waals surface area contributed by atoms with Gasteiger partial charge in [0.15, 0.2) is 0 Å². The summed E-state index contributed by atoms with van der Waals surface area (Å²) in [6.45, 7) is 0.407. The Hall–Kier alpha value is -2.15. The average molecular weight is 278 g/mol. The lowest BCUT2D eigenvalue weighted by Gasteiger charge is -2.16. The van der Waals surface area contributed by atoms with E-state index in [1.807, 2.05) is 5.38 Å². The van der Waals surface area contributed by atoms with Crippen LogP contribution in [0.5, 0.6) is 0 Å². The van der Waals surface area contributed by atoms with Crippen molar-refractivity contribution in [3.05, 3.63) is 45.3 Å². The Morgan fingerprint density at radius 2 is 2.32 bits per heavy atom. The second kappa shape index (κ2) is 5.66. The van der Waals surface area contributed by atoms with E-state index in [-0.39, 0.29) is 18.0 Å². The van der Waals surface area contributed by atoms with Gasteiger partial charge in [0.2, 0.25) is 5.91 Å². The number of pyridine rings is 1. The fourth-order valence-corrected chi connectivity index (χ4v) is 2.14. The number of carbonyl (C=O) groups is 1. The number of likely N-dealkylation sites (N-methyl/N-ethyl adjacent to an activating group) is 1. The highest BCUT2D eigenvalue weighted by Gasteiger charge is 2.11. The lowest BCUT2D eigenvalue weighted by Crippen LogP contribution is -2.33. The van der Waals surface area contributed by atoms with Crippen molar-refractivity contribution in [1.29, 1.82) is 0 Å². The largest absolute Gasteiger partial charge is 0.398 e. The van der Waals surface area contributed by atoms with Gasteiger partial charge in [0.1, 0.15) is 6.54 Å². The Labute approximate surface area is 114 Å². The number of anilines is 1. The molecule has 100 valence electrons. The van der Waals surface area contributed by atoms with Crippen LogP contribution in [0.2, 0.25) is 0 Å². The number of nitrogens with zero attached hydrogens (tertiary/aromatic N) is 3. The summed E-state index contributed by atoms with van der Waals surface area (Å²) in [6.07, 6.45) is 1.47. The molecule has 2 aromatic heterocycles. The van der Waals surface area contributed by atoms with Crippen molar-refractivity contribution >= 4 is 22.9 Å². The highest BCUT2D eigenvalue weighted by Crippen LogP contribution is 2.05. The first-order valence-electron chi connectivity index (χ1n) is 5.63. The van der Waals surface area contributed by atoms with Gasteiger partial charge >= 0.3 is 0 Å². The number of hydrogen-bond acceptors (Lipinski definition) is 5. The molecule has 2 aromatic rings. The first-order chi connectivity index (χ1) is 9.06. The molecule has 0 aliphatic carbocycles. The third kappa shape index (κ3) is 3.41. The second-order valence-corrected chi connectivity index (χ2v) is 4.88. The van der Waals surface area contributed by atoms with Crippen LogP contribution in [0.1, 0.15) is 5.69 Å². The van der Waals surface area contributed by atoms with Gasteiger partial charge in [-0.25, -0.2) is 4.98 Å². The first-order valence-corrected chi connectivity index (χ1v) is 6.57. The maximum absolute atomic E-state index is 12.0. The lowest BCUT2D eigenvalue weighted by atomic mass is 10.4. The zero-order valence-corrected chi connectivity index (χ0v) is 11.3. The topological polar surface area (TPSA) is 81.2 Å². The number of nitrogen functional groups attached to an aromatic ring is 1. The van der Waals surface area contributed by atoms with E-state index in [9.17, 15) is 9.59 Å². The molecule has 0 aromatic carbocycles. The predicted molar refractivity (Wildman–Crippen MR) is 73.7 cm³/mol. The lowest BCUT2D eigenvalue weighted by molar-refractivity contribution is -0.131. The summed E-state index contributed by atoms with van der Waals surface area (Å²) in [5.74, 6) is -0.166. The van der Waals surface area contributed by atoms with Gasteiger partial charge in [0, 0.05) is 30.4 Å². The van der Waals surface area contributed by atoms with Crippen molar-refractivity contribution in [1.82, 2.24) is 14.5 Å². The molecule has 2 heterocycles. The van der Waals surface area contributed by atoms with Crippen LogP contribution < -0.4 is 11.3 Å². The highest BCUT2D eigenvalue weighted by atomic mass is 32.1. The molecule has 0 aliphatic rings. The minimum absolute atomic E-state index is 0.0233. The number of amides is 1. The molecule has 2 rings (SSSR count). The van der Waals surface area contributed by atoms with Gasteiger partial charge in [-0.2, -0.15) is 0 Å².